The van der Waals surface area contributed by atoms with Gasteiger partial charge in [-0.15, -0.1) is 0 Å². The molecular formula is C13H20N2O3. The minimum Gasteiger partial charge on any atom is -0.277 e. The Morgan fingerprint density at radius 1 is 1.17 bits per heavy atom. The first-order valence-corrected chi connectivity index (χ1v) is 6.46. The maximum Gasteiger partial charge on any atom is 0.331 e. The van der Waals surface area contributed by atoms with Crippen molar-refractivity contribution >= 4 is 17.8 Å². The van der Waals surface area contributed by atoms with E-state index in [4.69, 9.17) is 0 Å². The average Bonchev–Trinajstić information content (AvgIpc) is 2.59. The van der Waals surface area contributed by atoms with E-state index in [1.54, 1.807) is 13.8 Å². The number of hydrogen-bond acceptors (Lipinski definition) is 3. The molecule has 0 aromatic heterocycles. The molecule has 1 saturated heterocycles. The molecule has 2 rings (SSSR count). The van der Waals surface area contributed by atoms with Crippen LogP contribution >= 0.6 is 0 Å². The van der Waals surface area contributed by atoms with E-state index in [2.05, 4.69) is 19.2 Å². The fourth-order valence-electron chi connectivity index (χ4n) is 2.81. The van der Waals surface area contributed by atoms with Gasteiger partial charge in [0.05, 0.1) is 0 Å². The molecule has 0 aromatic rings. The molecule has 0 radical (unpaired) electrons. The van der Waals surface area contributed by atoms with Crippen LogP contribution in [0.2, 0.25) is 0 Å². The van der Waals surface area contributed by atoms with Gasteiger partial charge in [0.2, 0.25) is 11.8 Å². The molecule has 1 saturated carbocycles. The van der Waals surface area contributed by atoms with E-state index >= 15 is 0 Å². The fourth-order valence-corrected chi connectivity index (χ4v) is 2.81. The molecule has 2 fully saturated rings. The van der Waals surface area contributed by atoms with Gasteiger partial charge in [0, 0.05) is 6.04 Å². The van der Waals surface area contributed by atoms with Gasteiger partial charge in [-0.05, 0) is 38.5 Å². The summed E-state index contributed by atoms with van der Waals surface area (Å²) in [5.41, 5.74) is -1.15. The highest BCUT2D eigenvalue weighted by Crippen LogP contribution is 2.37. The summed E-state index contributed by atoms with van der Waals surface area (Å²) in [7, 11) is 0. The second-order valence-corrected chi connectivity index (χ2v) is 6.04. The zero-order valence-electron chi connectivity index (χ0n) is 11.3. The molecule has 5 nitrogen and oxygen atoms in total. The summed E-state index contributed by atoms with van der Waals surface area (Å²) < 4.78 is 0. The molecule has 18 heavy (non-hydrogen) atoms. The van der Waals surface area contributed by atoms with Crippen LogP contribution in [0.15, 0.2) is 0 Å². The standard InChI is InChI=1S/C13H20N2O3/c1-7-5-6-9(8(7)2)15-11(17)13(3,4)10(16)14-12(15)18/h7-9H,5-6H2,1-4H3,(H,14,16,18). The third kappa shape index (κ3) is 1.72. The minimum atomic E-state index is -1.15. The monoisotopic (exact) mass is 252 g/mol. The molecule has 1 N–H and O–H groups in total. The Balaban J connectivity index is 2.30. The highest BCUT2D eigenvalue weighted by Gasteiger charge is 2.51. The van der Waals surface area contributed by atoms with Gasteiger partial charge >= 0.3 is 6.03 Å². The third-order valence-electron chi connectivity index (χ3n) is 4.51. The van der Waals surface area contributed by atoms with Crippen molar-refractivity contribution < 1.29 is 14.4 Å². The lowest BCUT2D eigenvalue weighted by atomic mass is 9.86. The van der Waals surface area contributed by atoms with E-state index in [9.17, 15) is 14.4 Å². The Morgan fingerprint density at radius 3 is 2.28 bits per heavy atom. The molecular weight excluding hydrogens is 232 g/mol. The highest BCUT2D eigenvalue weighted by molar-refractivity contribution is 6.18. The van der Waals surface area contributed by atoms with E-state index in [0.717, 1.165) is 12.8 Å². The predicted octanol–water partition coefficient (Wildman–Crippen LogP) is 1.53. The van der Waals surface area contributed by atoms with Gasteiger partial charge in [-0.25, -0.2) is 4.79 Å². The summed E-state index contributed by atoms with van der Waals surface area (Å²) in [4.78, 5) is 37.2. The van der Waals surface area contributed by atoms with Crippen LogP contribution in [0.4, 0.5) is 4.79 Å². The van der Waals surface area contributed by atoms with E-state index in [1.165, 1.54) is 4.90 Å². The number of amides is 4. The van der Waals surface area contributed by atoms with Crippen molar-refractivity contribution in [1.82, 2.24) is 10.2 Å². The van der Waals surface area contributed by atoms with Crippen molar-refractivity contribution in [1.29, 1.82) is 0 Å². The van der Waals surface area contributed by atoms with Gasteiger partial charge in [0.1, 0.15) is 5.41 Å². The van der Waals surface area contributed by atoms with E-state index in [-0.39, 0.29) is 17.9 Å². The zero-order valence-corrected chi connectivity index (χ0v) is 11.3. The summed E-state index contributed by atoms with van der Waals surface area (Å²) in [5, 5.41) is 2.29. The van der Waals surface area contributed by atoms with Gasteiger partial charge in [-0.2, -0.15) is 0 Å². The number of nitrogens with zero attached hydrogens (tertiary/aromatic N) is 1. The van der Waals surface area contributed by atoms with Crippen molar-refractivity contribution in [2.24, 2.45) is 17.3 Å². The number of carbonyl (C=O) groups excluding carboxylic acids is 3. The topological polar surface area (TPSA) is 66.5 Å². The smallest absolute Gasteiger partial charge is 0.277 e. The van der Waals surface area contributed by atoms with E-state index in [0.29, 0.717) is 5.92 Å². The fraction of sp³-hybridized carbons (Fsp3) is 0.769. The molecule has 0 spiro atoms. The van der Waals surface area contributed by atoms with Gasteiger partial charge < -0.3 is 0 Å². The number of rotatable bonds is 1. The normalized spacial score (nSPS) is 35.9. The molecule has 0 bridgehead atoms. The molecule has 1 aliphatic heterocycles. The van der Waals surface area contributed by atoms with Gasteiger partial charge in [-0.1, -0.05) is 13.8 Å². The molecule has 100 valence electrons. The summed E-state index contributed by atoms with van der Waals surface area (Å²) in [6.45, 7) is 7.32. The van der Waals surface area contributed by atoms with Gasteiger partial charge in [0.15, 0.2) is 0 Å². The number of hydrogen-bond donors (Lipinski definition) is 1. The van der Waals surface area contributed by atoms with E-state index in [1.807, 2.05) is 0 Å². The van der Waals surface area contributed by atoms with Crippen LogP contribution in [0.1, 0.15) is 40.5 Å². The molecule has 4 amide bonds. The van der Waals surface area contributed by atoms with Gasteiger partial charge in [-0.3, -0.25) is 19.8 Å². The second kappa shape index (κ2) is 4.07. The lowest BCUT2D eigenvalue weighted by Crippen LogP contribution is -2.64. The number of urea groups is 1. The van der Waals surface area contributed by atoms with Crippen molar-refractivity contribution in [3.05, 3.63) is 0 Å². The lowest BCUT2D eigenvalue weighted by Gasteiger charge is -2.39. The van der Waals surface area contributed by atoms with Crippen LogP contribution < -0.4 is 5.32 Å². The first kappa shape index (κ1) is 13.1. The van der Waals surface area contributed by atoms with Crippen LogP contribution in [-0.2, 0) is 9.59 Å². The van der Waals surface area contributed by atoms with Gasteiger partial charge in [0.25, 0.3) is 0 Å². The van der Waals surface area contributed by atoms with Crippen LogP contribution in [0.5, 0.6) is 0 Å². The Bertz CT molecular complexity index is 416. The second-order valence-electron chi connectivity index (χ2n) is 6.04. The third-order valence-corrected chi connectivity index (χ3v) is 4.51. The Hall–Kier alpha value is -1.39. The van der Waals surface area contributed by atoms with Crippen LogP contribution in [-0.4, -0.2) is 28.8 Å². The predicted molar refractivity (Wildman–Crippen MR) is 65.5 cm³/mol. The first-order valence-electron chi connectivity index (χ1n) is 6.46. The number of imide groups is 2. The largest absolute Gasteiger partial charge is 0.331 e. The van der Waals surface area contributed by atoms with Crippen LogP contribution in [0.25, 0.3) is 0 Å². The minimum absolute atomic E-state index is 0.0834. The summed E-state index contributed by atoms with van der Waals surface area (Å²) in [5.74, 6) is -0.102. The zero-order chi connectivity index (χ0) is 13.7. The van der Waals surface area contributed by atoms with E-state index < -0.39 is 17.4 Å². The Morgan fingerprint density at radius 2 is 1.78 bits per heavy atom. The molecule has 5 heteroatoms. The maximum atomic E-state index is 12.4. The quantitative estimate of drug-likeness (QED) is 0.720. The highest BCUT2D eigenvalue weighted by atomic mass is 16.2. The Kier molecular flexibility index (Phi) is 2.95. The number of barbiturate groups is 1. The first-order chi connectivity index (χ1) is 8.26. The molecule has 1 aliphatic carbocycles. The summed E-state index contributed by atoms with van der Waals surface area (Å²) in [6, 6.07) is -0.643. The van der Waals surface area contributed by atoms with Crippen LogP contribution in [0, 0.1) is 17.3 Å². The van der Waals surface area contributed by atoms with Crippen molar-refractivity contribution in [2.75, 3.05) is 0 Å². The number of nitrogens with one attached hydrogen (secondary N) is 1. The van der Waals surface area contributed by atoms with Crippen molar-refractivity contribution in [3.8, 4) is 0 Å². The SMILES string of the molecule is CC1CCC(N2C(=O)NC(=O)C(C)(C)C2=O)C1C. The average molecular weight is 252 g/mol. The summed E-state index contributed by atoms with van der Waals surface area (Å²) >= 11 is 0. The molecule has 0 aromatic carbocycles. The van der Waals surface area contributed by atoms with Crippen LogP contribution in [0.3, 0.4) is 0 Å². The summed E-state index contributed by atoms with van der Waals surface area (Å²) in [6.07, 6.45) is 1.84. The lowest BCUT2D eigenvalue weighted by molar-refractivity contribution is -0.151. The van der Waals surface area contributed by atoms with Crippen molar-refractivity contribution in [3.63, 3.8) is 0 Å². The van der Waals surface area contributed by atoms with Crippen molar-refractivity contribution in [2.45, 2.75) is 46.6 Å². The number of carbonyl (C=O) groups is 3. The molecule has 3 atom stereocenters. The maximum absolute atomic E-state index is 12.4. The molecule has 3 unspecified atom stereocenters. The Labute approximate surface area is 107 Å². The molecule has 2 aliphatic rings. The molecule has 1 heterocycles.